The fourth-order valence-corrected chi connectivity index (χ4v) is 4.26. The third kappa shape index (κ3) is 3.07. The van der Waals surface area contributed by atoms with E-state index < -0.39 is 0 Å². The van der Waals surface area contributed by atoms with Crippen molar-refractivity contribution in [3.63, 3.8) is 0 Å². The summed E-state index contributed by atoms with van der Waals surface area (Å²) in [4.78, 5) is 0. The van der Waals surface area contributed by atoms with Gasteiger partial charge in [-0.3, -0.25) is 0 Å². The maximum atomic E-state index is 6.39. The van der Waals surface area contributed by atoms with Crippen LogP contribution in [0.1, 0.15) is 0 Å². The van der Waals surface area contributed by atoms with Crippen molar-refractivity contribution in [2.75, 3.05) is 0 Å². The molecule has 0 N–H and O–H groups in total. The van der Waals surface area contributed by atoms with Gasteiger partial charge in [0.25, 0.3) is 0 Å². The molecule has 0 aliphatic heterocycles. The summed E-state index contributed by atoms with van der Waals surface area (Å²) < 4.78 is 4.57. The van der Waals surface area contributed by atoms with Crippen LogP contribution in [0.5, 0.6) is 0 Å². The van der Waals surface area contributed by atoms with Crippen LogP contribution in [-0.4, -0.2) is 41.6 Å². The Balaban J connectivity index is 1.88. The van der Waals surface area contributed by atoms with Gasteiger partial charge in [-0.1, -0.05) is 0 Å². The van der Waals surface area contributed by atoms with E-state index in [2.05, 4.69) is 28.0 Å². The van der Waals surface area contributed by atoms with Gasteiger partial charge in [-0.2, -0.15) is 0 Å². The second-order valence-electron chi connectivity index (χ2n) is 5.46. The molecule has 4 aromatic rings. The van der Waals surface area contributed by atoms with E-state index in [0.717, 1.165) is 21.4 Å². The van der Waals surface area contributed by atoms with Gasteiger partial charge < -0.3 is 0 Å². The number of nitrogens with zero attached hydrogens (tertiary/aromatic N) is 5. The van der Waals surface area contributed by atoms with Crippen LogP contribution in [0.15, 0.2) is 59.8 Å². The molecule has 0 saturated carbocycles. The Labute approximate surface area is 173 Å². The van der Waals surface area contributed by atoms with Crippen molar-refractivity contribution < 1.29 is 0 Å². The Bertz CT molecular complexity index is 1090. The average Bonchev–Trinajstić information content (AvgIpc) is 3.19. The average molecular weight is 464 g/mol. The van der Waals surface area contributed by atoms with Crippen molar-refractivity contribution in [1.29, 1.82) is 0 Å². The fraction of sp³-hybridized carbons (Fsp3) is 0. The summed E-state index contributed by atoms with van der Waals surface area (Å²) in [5, 5.41) is 14.4. The Morgan fingerprint density at radius 3 is 2.50 bits per heavy atom. The number of rotatable bonds is 3. The Kier molecular flexibility index (Phi) is 4.84. The first-order chi connectivity index (χ1) is 12.6. The molecule has 2 aromatic heterocycles. The molecule has 1 unspecified atom stereocenters. The molecule has 9 heteroatoms. The first-order valence-corrected chi connectivity index (χ1v) is 9.97. The standard InChI is InChI=1S/C17H12AsCl2N5S/c18-16-14(9-21-24(16)11-4-2-1-3-5-11)25-15(17(26)22-23-25)12-7-6-10(19)8-13(12)20/h1-9,26H,18H2. The van der Waals surface area contributed by atoms with Crippen molar-refractivity contribution in [3.8, 4) is 22.6 Å². The normalized spacial score (nSPS) is 11.1. The van der Waals surface area contributed by atoms with Crippen LogP contribution >= 0.6 is 35.8 Å². The third-order valence-corrected chi connectivity index (χ3v) is 5.84. The number of thiol groups is 1. The SMILES string of the molecule is Sc1nnn(-c2cnn(-c3ccccc3)c2[AsH2])c1-c1ccc(Cl)cc1Cl. The van der Waals surface area contributed by atoms with Crippen LogP contribution in [0.2, 0.25) is 10.0 Å². The second-order valence-corrected chi connectivity index (χ2v) is 7.87. The van der Waals surface area contributed by atoms with E-state index in [9.17, 15) is 0 Å². The predicted octanol–water partition coefficient (Wildman–Crippen LogP) is 2.97. The van der Waals surface area contributed by atoms with Crippen molar-refractivity contribution >= 4 is 57.2 Å². The van der Waals surface area contributed by atoms with E-state index in [1.54, 1.807) is 23.0 Å². The van der Waals surface area contributed by atoms with Crippen molar-refractivity contribution in [3.05, 3.63) is 64.8 Å². The predicted molar refractivity (Wildman–Crippen MR) is 109 cm³/mol. The summed E-state index contributed by atoms with van der Waals surface area (Å²) in [6, 6.07) is 15.2. The van der Waals surface area contributed by atoms with Crippen LogP contribution in [-0.2, 0) is 0 Å². The minimum atomic E-state index is 0.480. The van der Waals surface area contributed by atoms with E-state index in [4.69, 9.17) is 23.2 Å². The summed E-state index contributed by atoms with van der Waals surface area (Å²) in [5.41, 5.74) is 3.25. The number of hydrogen-bond donors (Lipinski definition) is 1. The van der Waals surface area contributed by atoms with Gasteiger partial charge in [0.1, 0.15) is 0 Å². The van der Waals surface area contributed by atoms with Crippen LogP contribution in [0.3, 0.4) is 0 Å². The van der Waals surface area contributed by atoms with Gasteiger partial charge >= 0.3 is 174 Å². The number of benzene rings is 2. The van der Waals surface area contributed by atoms with E-state index >= 15 is 0 Å². The van der Waals surface area contributed by atoms with Crippen LogP contribution < -0.4 is 4.48 Å². The molecular formula is C17H12AsCl2N5S. The zero-order valence-electron chi connectivity index (χ0n) is 13.2. The zero-order chi connectivity index (χ0) is 18.3. The van der Waals surface area contributed by atoms with Crippen molar-refractivity contribution in [1.82, 2.24) is 24.8 Å². The maximum absolute atomic E-state index is 6.39. The number of halogens is 2. The van der Waals surface area contributed by atoms with E-state index in [1.807, 2.05) is 41.1 Å². The molecule has 2 heterocycles. The molecule has 4 rings (SSSR count). The molecule has 0 amide bonds. The molecule has 0 radical (unpaired) electrons. The van der Waals surface area contributed by atoms with Crippen LogP contribution in [0.25, 0.3) is 22.6 Å². The Hall–Kier alpha value is -1.72. The van der Waals surface area contributed by atoms with E-state index in [1.165, 1.54) is 16.9 Å². The third-order valence-electron chi connectivity index (χ3n) is 3.85. The number of aromatic nitrogens is 5. The first kappa shape index (κ1) is 17.7. The summed E-state index contributed by atoms with van der Waals surface area (Å²) in [6.45, 7) is 0. The Morgan fingerprint density at radius 2 is 1.77 bits per heavy atom. The van der Waals surface area contributed by atoms with Gasteiger partial charge in [0.15, 0.2) is 0 Å². The molecule has 0 aliphatic carbocycles. The molecule has 0 spiro atoms. The second kappa shape index (κ2) is 7.12. The van der Waals surface area contributed by atoms with Gasteiger partial charge in [0.05, 0.1) is 0 Å². The van der Waals surface area contributed by atoms with Gasteiger partial charge in [0.2, 0.25) is 0 Å². The number of para-hydroxylation sites is 1. The van der Waals surface area contributed by atoms with E-state index in [0.29, 0.717) is 20.8 Å². The molecule has 0 saturated heterocycles. The summed E-state index contributed by atoms with van der Waals surface area (Å²) in [5.74, 6) is 0. The monoisotopic (exact) mass is 463 g/mol. The molecule has 1 atom stereocenters. The van der Waals surface area contributed by atoms with Crippen molar-refractivity contribution in [2.45, 2.75) is 5.03 Å². The first-order valence-electron chi connectivity index (χ1n) is 7.55. The molecule has 0 bridgehead atoms. The topological polar surface area (TPSA) is 48.5 Å². The number of hydrogen-bond acceptors (Lipinski definition) is 4. The quantitative estimate of drug-likeness (QED) is 0.375. The van der Waals surface area contributed by atoms with Gasteiger partial charge in [0, 0.05) is 0 Å². The molecule has 26 heavy (non-hydrogen) atoms. The zero-order valence-corrected chi connectivity index (χ0v) is 18.0. The summed E-state index contributed by atoms with van der Waals surface area (Å²) in [6.07, 6.45) is 1.76. The molecule has 5 nitrogen and oxygen atoms in total. The summed E-state index contributed by atoms with van der Waals surface area (Å²) >= 11 is 18.3. The molecular weight excluding hydrogens is 452 g/mol. The van der Waals surface area contributed by atoms with Crippen molar-refractivity contribution in [2.24, 2.45) is 0 Å². The Morgan fingerprint density at radius 1 is 1.00 bits per heavy atom. The molecule has 0 fully saturated rings. The van der Waals surface area contributed by atoms with Crippen LogP contribution in [0, 0.1) is 0 Å². The van der Waals surface area contributed by atoms with Gasteiger partial charge in [-0.25, -0.2) is 0 Å². The van der Waals surface area contributed by atoms with Gasteiger partial charge in [-0.15, -0.1) is 0 Å². The van der Waals surface area contributed by atoms with Crippen LogP contribution in [0.4, 0.5) is 0 Å². The van der Waals surface area contributed by atoms with Gasteiger partial charge in [-0.05, 0) is 0 Å². The fourth-order valence-electron chi connectivity index (χ4n) is 2.65. The summed E-state index contributed by atoms with van der Waals surface area (Å²) in [7, 11) is 0. The minimum absolute atomic E-state index is 0.480. The van der Waals surface area contributed by atoms with E-state index in [-0.39, 0.29) is 0 Å². The molecule has 2 aromatic carbocycles. The molecule has 130 valence electrons. The molecule has 0 aliphatic rings.